The number of ether oxygens (including phenoxy) is 1. The molecule has 1 aliphatic rings. The molecular weight excluding hydrogens is 252 g/mol. The van der Waals surface area contributed by atoms with Crippen LogP contribution in [0.3, 0.4) is 0 Å². The van der Waals surface area contributed by atoms with Crippen molar-refractivity contribution >= 4 is 11.4 Å². The Hall–Kier alpha value is -1.42. The van der Waals surface area contributed by atoms with Crippen LogP contribution in [0.4, 0.5) is 11.4 Å². The molecule has 0 radical (unpaired) electrons. The molecule has 20 heavy (non-hydrogen) atoms. The van der Waals surface area contributed by atoms with Gasteiger partial charge in [0.2, 0.25) is 0 Å². The van der Waals surface area contributed by atoms with E-state index in [9.17, 15) is 5.11 Å². The molecule has 1 saturated carbocycles. The number of nitrogens with one attached hydrogen (secondary N) is 1. The van der Waals surface area contributed by atoms with E-state index in [1.807, 2.05) is 32.0 Å². The van der Waals surface area contributed by atoms with Gasteiger partial charge in [0.1, 0.15) is 5.75 Å². The number of aliphatic hydroxyl groups is 1. The van der Waals surface area contributed by atoms with E-state index in [4.69, 9.17) is 10.5 Å². The lowest BCUT2D eigenvalue weighted by Gasteiger charge is -2.31. The van der Waals surface area contributed by atoms with Crippen molar-refractivity contribution in [1.29, 1.82) is 0 Å². The topological polar surface area (TPSA) is 67.5 Å². The smallest absolute Gasteiger partial charge is 0.123 e. The van der Waals surface area contributed by atoms with Crippen molar-refractivity contribution < 1.29 is 9.84 Å². The van der Waals surface area contributed by atoms with Gasteiger partial charge >= 0.3 is 0 Å². The number of nitrogen functional groups attached to an aromatic ring is 1. The third kappa shape index (κ3) is 4.04. The van der Waals surface area contributed by atoms with Gasteiger partial charge in [0.05, 0.1) is 6.10 Å². The maximum absolute atomic E-state index is 9.48. The van der Waals surface area contributed by atoms with Crippen molar-refractivity contribution in [2.24, 2.45) is 5.92 Å². The first-order chi connectivity index (χ1) is 9.58. The second-order valence-electron chi connectivity index (χ2n) is 5.94. The third-order valence-corrected chi connectivity index (χ3v) is 3.80. The summed E-state index contributed by atoms with van der Waals surface area (Å²) < 4.78 is 5.71. The maximum Gasteiger partial charge on any atom is 0.123 e. The van der Waals surface area contributed by atoms with Crippen LogP contribution in [0, 0.1) is 5.92 Å². The van der Waals surface area contributed by atoms with Crippen LogP contribution in [0.1, 0.15) is 39.5 Å². The van der Waals surface area contributed by atoms with E-state index in [-0.39, 0.29) is 12.7 Å². The monoisotopic (exact) mass is 278 g/mol. The highest BCUT2D eigenvalue weighted by Gasteiger charge is 2.24. The third-order valence-electron chi connectivity index (χ3n) is 3.80. The van der Waals surface area contributed by atoms with E-state index in [1.165, 1.54) is 12.8 Å². The Labute approximate surface area is 121 Å². The highest BCUT2D eigenvalue weighted by Crippen LogP contribution is 2.29. The summed E-state index contributed by atoms with van der Waals surface area (Å²) in [6.45, 7) is 4.24. The van der Waals surface area contributed by atoms with Gasteiger partial charge in [-0.25, -0.2) is 0 Å². The summed E-state index contributed by atoms with van der Waals surface area (Å²) in [7, 11) is 0. The van der Waals surface area contributed by atoms with E-state index in [2.05, 4.69) is 5.32 Å². The Bertz CT molecular complexity index is 434. The summed E-state index contributed by atoms with van der Waals surface area (Å²) in [5.74, 6) is 1.12. The van der Waals surface area contributed by atoms with Crippen LogP contribution < -0.4 is 15.8 Å². The molecule has 0 bridgehead atoms. The molecule has 0 amide bonds. The molecule has 1 fully saturated rings. The number of benzene rings is 1. The fourth-order valence-corrected chi connectivity index (χ4v) is 2.88. The van der Waals surface area contributed by atoms with Gasteiger partial charge in [0, 0.05) is 42.1 Å². The normalized spacial score (nSPS) is 22.8. The van der Waals surface area contributed by atoms with E-state index in [1.54, 1.807) is 0 Å². The average Bonchev–Trinajstić information content (AvgIpc) is 2.37. The second kappa shape index (κ2) is 6.84. The standard InChI is InChI=1S/C16H26N2O2/c1-11(2)20-15-8-13(17)7-14(9-15)18-16-6-4-3-5-12(16)10-19/h7-9,11-12,16,18-19H,3-6,10,17H2,1-2H3. The summed E-state index contributed by atoms with van der Waals surface area (Å²) in [6.07, 6.45) is 4.74. The molecule has 1 aliphatic carbocycles. The van der Waals surface area contributed by atoms with Crippen molar-refractivity contribution in [3.63, 3.8) is 0 Å². The summed E-state index contributed by atoms with van der Waals surface area (Å²) in [5.41, 5.74) is 7.61. The van der Waals surface area contributed by atoms with Crippen LogP contribution in [0.5, 0.6) is 5.75 Å². The van der Waals surface area contributed by atoms with Gasteiger partial charge in [0.15, 0.2) is 0 Å². The zero-order valence-corrected chi connectivity index (χ0v) is 12.4. The van der Waals surface area contributed by atoms with Crippen LogP contribution >= 0.6 is 0 Å². The molecule has 1 aromatic carbocycles. The molecule has 2 atom stereocenters. The fourth-order valence-electron chi connectivity index (χ4n) is 2.88. The Kier molecular flexibility index (Phi) is 5.12. The molecule has 4 N–H and O–H groups in total. The zero-order valence-electron chi connectivity index (χ0n) is 12.4. The molecule has 0 saturated heterocycles. The first-order valence-corrected chi connectivity index (χ1v) is 7.53. The van der Waals surface area contributed by atoms with Gasteiger partial charge in [-0.1, -0.05) is 12.8 Å². The zero-order chi connectivity index (χ0) is 14.5. The predicted molar refractivity (Wildman–Crippen MR) is 83.1 cm³/mol. The van der Waals surface area contributed by atoms with E-state index in [0.29, 0.717) is 17.6 Å². The van der Waals surface area contributed by atoms with Gasteiger partial charge in [-0.3, -0.25) is 0 Å². The number of rotatable bonds is 5. The predicted octanol–water partition coefficient (Wildman–Crippen LogP) is 3.02. The minimum atomic E-state index is 0.129. The van der Waals surface area contributed by atoms with Gasteiger partial charge in [-0.15, -0.1) is 0 Å². The van der Waals surface area contributed by atoms with E-state index >= 15 is 0 Å². The molecule has 112 valence electrons. The highest BCUT2D eigenvalue weighted by molar-refractivity contribution is 5.59. The number of aliphatic hydroxyl groups excluding tert-OH is 1. The SMILES string of the molecule is CC(C)Oc1cc(N)cc(NC2CCCCC2CO)c1. The lowest BCUT2D eigenvalue weighted by atomic mass is 9.85. The number of hydrogen-bond donors (Lipinski definition) is 3. The number of nitrogens with two attached hydrogens (primary N) is 1. The largest absolute Gasteiger partial charge is 0.491 e. The first kappa shape index (κ1) is 15.0. The molecule has 0 spiro atoms. The van der Waals surface area contributed by atoms with Crippen LogP contribution in [-0.2, 0) is 0 Å². The summed E-state index contributed by atoms with van der Waals surface area (Å²) >= 11 is 0. The second-order valence-corrected chi connectivity index (χ2v) is 5.94. The Morgan fingerprint density at radius 2 is 2.05 bits per heavy atom. The highest BCUT2D eigenvalue weighted by atomic mass is 16.5. The Balaban J connectivity index is 2.09. The minimum Gasteiger partial charge on any atom is -0.491 e. The van der Waals surface area contributed by atoms with Crippen molar-refractivity contribution in [2.45, 2.75) is 51.7 Å². The quantitative estimate of drug-likeness (QED) is 0.724. The fraction of sp³-hybridized carbons (Fsp3) is 0.625. The molecule has 2 unspecified atom stereocenters. The van der Waals surface area contributed by atoms with Gasteiger partial charge < -0.3 is 20.9 Å². The molecular formula is C16H26N2O2. The molecule has 0 aliphatic heterocycles. The van der Waals surface area contributed by atoms with Crippen molar-refractivity contribution in [3.05, 3.63) is 18.2 Å². The Morgan fingerprint density at radius 1 is 1.30 bits per heavy atom. The van der Waals surface area contributed by atoms with E-state index < -0.39 is 0 Å². The average molecular weight is 278 g/mol. The first-order valence-electron chi connectivity index (χ1n) is 7.53. The Morgan fingerprint density at radius 3 is 2.75 bits per heavy atom. The molecule has 4 nitrogen and oxygen atoms in total. The molecule has 0 aromatic heterocycles. The van der Waals surface area contributed by atoms with E-state index in [0.717, 1.165) is 24.3 Å². The van der Waals surface area contributed by atoms with Crippen molar-refractivity contribution in [2.75, 3.05) is 17.7 Å². The molecule has 0 heterocycles. The number of hydrogen-bond acceptors (Lipinski definition) is 4. The van der Waals surface area contributed by atoms with Crippen LogP contribution in [0.25, 0.3) is 0 Å². The molecule has 2 rings (SSSR count). The summed E-state index contributed by atoms with van der Waals surface area (Å²) in [4.78, 5) is 0. The maximum atomic E-state index is 9.48. The number of anilines is 2. The van der Waals surface area contributed by atoms with Crippen molar-refractivity contribution in [3.8, 4) is 5.75 Å². The van der Waals surface area contributed by atoms with Crippen LogP contribution in [0.2, 0.25) is 0 Å². The lowest BCUT2D eigenvalue weighted by Crippen LogP contribution is -2.34. The summed E-state index contributed by atoms with van der Waals surface area (Å²) in [6, 6.07) is 6.08. The summed E-state index contributed by atoms with van der Waals surface area (Å²) in [5, 5.41) is 13.0. The lowest BCUT2D eigenvalue weighted by molar-refractivity contribution is 0.178. The van der Waals surface area contributed by atoms with Crippen LogP contribution in [-0.4, -0.2) is 23.9 Å². The van der Waals surface area contributed by atoms with Gasteiger partial charge in [-0.05, 0) is 32.8 Å². The van der Waals surface area contributed by atoms with Crippen molar-refractivity contribution in [1.82, 2.24) is 0 Å². The molecule has 4 heteroatoms. The van der Waals surface area contributed by atoms with Crippen LogP contribution in [0.15, 0.2) is 18.2 Å². The molecule has 1 aromatic rings. The van der Waals surface area contributed by atoms with Gasteiger partial charge in [-0.2, -0.15) is 0 Å². The van der Waals surface area contributed by atoms with Gasteiger partial charge in [0.25, 0.3) is 0 Å². The minimum absolute atomic E-state index is 0.129.